The predicted octanol–water partition coefficient (Wildman–Crippen LogP) is 1.75. The van der Waals surface area contributed by atoms with Crippen LogP contribution in [0.2, 0.25) is 0 Å². The third-order valence-electron chi connectivity index (χ3n) is 3.93. The van der Waals surface area contributed by atoms with E-state index >= 15 is 0 Å². The summed E-state index contributed by atoms with van der Waals surface area (Å²) in [4.78, 5) is 16.7. The Hall–Kier alpha value is -1.43. The average Bonchev–Trinajstić information content (AvgIpc) is 2.52. The highest BCUT2D eigenvalue weighted by atomic mass is 16.5. The quantitative estimate of drug-likeness (QED) is 0.868. The monoisotopic (exact) mass is 320 g/mol. The van der Waals surface area contributed by atoms with Gasteiger partial charge in [0.1, 0.15) is 0 Å². The standard InChI is InChI=1S/C18H28N2O3/c1-4-20(14-18(2,3)22)17(21)16-7-5-6-15(12-16)13-19-8-10-23-11-9-19/h5-7,12,22H,4,8-11,13-14H2,1-3H3. The summed E-state index contributed by atoms with van der Waals surface area (Å²) < 4.78 is 5.37. The molecule has 1 fully saturated rings. The molecule has 5 nitrogen and oxygen atoms in total. The van der Waals surface area contributed by atoms with Crippen molar-refractivity contribution in [3.05, 3.63) is 35.4 Å². The molecule has 0 saturated carbocycles. The highest BCUT2D eigenvalue weighted by Crippen LogP contribution is 2.14. The fourth-order valence-corrected chi connectivity index (χ4v) is 2.80. The number of ether oxygens (including phenoxy) is 1. The highest BCUT2D eigenvalue weighted by Gasteiger charge is 2.22. The van der Waals surface area contributed by atoms with Crippen LogP contribution in [0.1, 0.15) is 36.7 Å². The van der Waals surface area contributed by atoms with Gasteiger partial charge in [-0.2, -0.15) is 0 Å². The Bertz CT molecular complexity index is 519. The lowest BCUT2D eigenvalue weighted by Gasteiger charge is -2.29. The van der Waals surface area contributed by atoms with Crippen molar-refractivity contribution in [1.29, 1.82) is 0 Å². The number of aliphatic hydroxyl groups is 1. The maximum atomic E-state index is 12.7. The van der Waals surface area contributed by atoms with Crippen LogP contribution in [0.4, 0.5) is 0 Å². The topological polar surface area (TPSA) is 53.0 Å². The molecule has 1 aliphatic rings. The Morgan fingerprint density at radius 2 is 2.04 bits per heavy atom. The van der Waals surface area contributed by atoms with Crippen LogP contribution >= 0.6 is 0 Å². The molecule has 5 heteroatoms. The van der Waals surface area contributed by atoms with Crippen LogP contribution in [0.3, 0.4) is 0 Å². The van der Waals surface area contributed by atoms with E-state index in [9.17, 15) is 9.90 Å². The number of nitrogens with zero attached hydrogens (tertiary/aromatic N) is 2. The molecule has 0 spiro atoms. The number of hydrogen-bond acceptors (Lipinski definition) is 4. The lowest BCUT2D eigenvalue weighted by Crippen LogP contribution is -2.42. The number of carbonyl (C=O) groups is 1. The van der Waals surface area contributed by atoms with Crippen molar-refractivity contribution in [2.75, 3.05) is 39.4 Å². The third kappa shape index (κ3) is 5.61. The number of likely N-dealkylation sites (N-methyl/N-ethyl adjacent to an activating group) is 1. The molecule has 1 amide bonds. The van der Waals surface area contributed by atoms with E-state index in [0.29, 0.717) is 18.7 Å². The van der Waals surface area contributed by atoms with Gasteiger partial charge in [0.2, 0.25) is 0 Å². The molecule has 0 unspecified atom stereocenters. The Kier molecular flexibility index (Phi) is 6.16. The van der Waals surface area contributed by atoms with Crippen molar-refractivity contribution >= 4 is 5.91 Å². The van der Waals surface area contributed by atoms with Gasteiger partial charge in [-0.15, -0.1) is 0 Å². The molecule has 1 heterocycles. The molecule has 1 aromatic rings. The Morgan fingerprint density at radius 3 is 2.65 bits per heavy atom. The number of benzene rings is 1. The summed E-state index contributed by atoms with van der Waals surface area (Å²) in [6.07, 6.45) is 0. The summed E-state index contributed by atoms with van der Waals surface area (Å²) >= 11 is 0. The number of rotatable bonds is 6. The number of carbonyl (C=O) groups excluding carboxylic acids is 1. The zero-order valence-electron chi connectivity index (χ0n) is 14.4. The molecule has 2 rings (SSSR count). The van der Waals surface area contributed by atoms with Crippen molar-refractivity contribution < 1.29 is 14.6 Å². The average molecular weight is 320 g/mol. The van der Waals surface area contributed by atoms with Gasteiger partial charge in [0.25, 0.3) is 5.91 Å². The first-order chi connectivity index (χ1) is 10.9. The van der Waals surface area contributed by atoms with E-state index in [1.165, 1.54) is 0 Å². The zero-order valence-corrected chi connectivity index (χ0v) is 14.4. The summed E-state index contributed by atoms with van der Waals surface area (Å²) in [6, 6.07) is 7.79. The van der Waals surface area contributed by atoms with Gasteiger partial charge in [0, 0.05) is 38.3 Å². The largest absolute Gasteiger partial charge is 0.389 e. The molecule has 1 aromatic carbocycles. The SMILES string of the molecule is CCN(CC(C)(C)O)C(=O)c1cccc(CN2CCOCC2)c1. The normalized spacial score (nSPS) is 16.3. The van der Waals surface area contributed by atoms with Gasteiger partial charge in [-0.05, 0) is 38.5 Å². The van der Waals surface area contributed by atoms with Gasteiger partial charge in [0.05, 0.1) is 18.8 Å². The highest BCUT2D eigenvalue weighted by molar-refractivity contribution is 5.94. The van der Waals surface area contributed by atoms with Gasteiger partial charge in [0.15, 0.2) is 0 Å². The summed E-state index contributed by atoms with van der Waals surface area (Å²) in [5, 5.41) is 9.97. The molecule has 0 bridgehead atoms. The minimum atomic E-state index is -0.892. The third-order valence-corrected chi connectivity index (χ3v) is 3.93. The van der Waals surface area contributed by atoms with E-state index < -0.39 is 5.60 Å². The lowest BCUT2D eigenvalue weighted by atomic mass is 10.1. The fraction of sp³-hybridized carbons (Fsp3) is 0.611. The van der Waals surface area contributed by atoms with Crippen molar-refractivity contribution in [2.24, 2.45) is 0 Å². The van der Waals surface area contributed by atoms with Crippen LogP contribution in [-0.2, 0) is 11.3 Å². The second-order valence-electron chi connectivity index (χ2n) is 6.72. The summed E-state index contributed by atoms with van der Waals surface area (Å²) in [7, 11) is 0. The first-order valence-corrected chi connectivity index (χ1v) is 8.30. The number of amides is 1. The number of hydrogen-bond donors (Lipinski definition) is 1. The van der Waals surface area contributed by atoms with Crippen molar-refractivity contribution in [3.8, 4) is 0 Å². The van der Waals surface area contributed by atoms with Crippen molar-refractivity contribution in [3.63, 3.8) is 0 Å². The van der Waals surface area contributed by atoms with E-state index in [2.05, 4.69) is 11.0 Å². The van der Waals surface area contributed by atoms with E-state index in [4.69, 9.17) is 4.74 Å². The van der Waals surface area contributed by atoms with Gasteiger partial charge < -0.3 is 14.7 Å². The molecule has 1 N–H and O–H groups in total. The first-order valence-electron chi connectivity index (χ1n) is 8.30. The Morgan fingerprint density at radius 1 is 1.35 bits per heavy atom. The lowest BCUT2D eigenvalue weighted by molar-refractivity contribution is 0.0313. The van der Waals surface area contributed by atoms with Crippen molar-refractivity contribution in [1.82, 2.24) is 9.80 Å². The second kappa shape index (κ2) is 7.90. The second-order valence-corrected chi connectivity index (χ2v) is 6.72. The van der Waals surface area contributed by atoms with Gasteiger partial charge >= 0.3 is 0 Å². The van der Waals surface area contributed by atoms with Crippen LogP contribution in [0.5, 0.6) is 0 Å². The molecule has 1 aliphatic heterocycles. The maximum absolute atomic E-state index is 12.7. The number of morpholine rings is 1. The van der Waals surface area contributed by atoms with Gasteiger partial charge in [-0.25, -0.2) is 0 Å². The molecule has 1 saturated heterocycles. The molecular weight excluding hydrogens is 292 g/mol. The Balaban J connectivity index is 2.06. The van der Waals surface area contributed by atoms with Gasteiger partial charge in [-0.3, -0.25) is 9.69 Å². The molecule has 0 radical (unpaired) electrons. The molecule has 0 atom stereocenters. The van der Waals surface area contributed by atoms with Gasteiger partial charge in [-0.1, -0.05) is 12.1 Å². The van der Waals surface area contributed by atoms with E-state index in [0.717, 1.165) is 38.4 Å². The van der Waals surface area contributed by atoms with Crippen LogP contribution in [0.25, 0.3) is 0 Å². The van der Waals surface area contributed by atoms with Crippen molar-refractivity contribution in [2.45, 2.75) is 32.9 Å². The molecule has 23 heavy (non-hydrogen) atoms. The zero-order chi connectivity index (χ0) is 16.9. The van der Waals surface area contributed by atoms with E-state index in [-0.39, 0.29) is 5.91 Å². The molecule has 128 valence electrons. The van der Waals surface area contributed by atoms with E-state index in [1.54, 1.807) is 18.7 Å². The van der Waals surface area contributed by atoms with E-state index in [1.807, 2.05) is 25.1 Å². The van der Waals surface area contributed by atoms with Crippen LogP contribution < -0.4 is 0 Å². The van der Waals surface area contributed by atoms with Crippen LogP contribution in [-0.4, -0.2) is 65.8 Å². The first kappa shape index (κ1) is 17.9. The summed E-state index contributed by atoms with van der Waals surface area (Å²) in [6.45, 7) is 10.5. The maximum Gasteiger partial charge on any atom is 0.253 e. The predicted molar refractivity (Wildman–Crippen MR) is 90.4 cm³/mol. The summed E-state index contributed by atoms with van der Waals surface area (Å²) in [5.41, 5.74) is 0.927. The smallest absolute Gasteiger partial charge is 0.253 e. The summed E-state index contributed by atoms with van der Waals surface area (Å²) in [5.74, 6) is -0.0292. The van der Waals surface area contributed by atoms with Crippen LogP contribution in [0.15, 0.2) is 24.3 Å². The fourth-order valence-electron chi connectivity index (χ4n) is 2.80. The van der Waals surface area contributed by atoms with Crippen LogP contribution in [0, 0.1) is 0 Å². The molecule has 0 aliphatic carbocycles. The minimum Gasteiger partial charge on any atom is -0.389 e. The Labute approximate surface area is 138 Å². The molecule has 0 aromatic heterocycles. The minimum absolute atomic E-state index is 0.0292. The molecular formula is C18H28N2O3.